The van der Waals surface area contributed by atoms with Crippen molar-refractivity contribution in [3.05, 3.63) is 71.0 Å². The van der Waals surface area contributed by atoms with Crippen molar-refractivity contribution in [3.8, 4) is 0 Å². The van der Waals surface area contributed by atoms with Gasteiger partial charge in [-0.2, -0.15) is 0 Å². The third kappa shape index (κ3) is 6.03. The average molecular weight is 464 g/mol. The molecule has 174 valence electrons. The van der Waals surface area contributed by atoms with Crippen LogP contribution in [0.4, 0.5) is 5.69 Å². The molecular formula is C26H33N5OS. The Balaban J connectivity index is 1.52. The lowest BCUT2D eigenvalue weighted by Crippen LogP contribution is -2.30. The molecule has 3 aromatic rings. The number of hydrogen-bond acceptors (Lipinski definition) is 5. The maximum absolute atomic E-state index is 13.0. The van der Waals surface area contributed by atoms with Crippen molar-refractivity contribution in [3.63, 3.8) is 0 Å². The molecule has 1 atom stereocenters. The van der Waals surface area contributed by atoms with Gasteiger partial charge in [-0.05, 0) is 63.4 Å². The van der Waals surface area contributed by atoms with Crippen LogP contribution in [0.5, 0.6) is 0 Å². The third-order valence-corrected chi connectivity index (χ3v) is 7.25. The number of rotatable bonds is 8. The lowest BCUT2D eigenvalue weighted by atomic mass is 10.1. The minimum absolute atomic E-state index is 0.0239. The second-order valence-electron chi connectivity index (χ2n) is 8.82. The van der Waals surface area contributed by atoms with Gasteiger partial charge in [0.15, 0.2) is 5.16 Å². The number of nitrogens with one attached hydrogen (secondary N) is 1. The van der Waals surface area contributed by atoms with Gasteiger partial charge in [-0.25, -0.2) is 0 Å². The first-order chi connectivity index (χ1) is 16.0. The van der Waals surface area contributed by atoms with Gasteiger partial charge >= 0.3 is 0 Å². The second kappa shape index (κ2) is 11.0. The molecule has 1 unspecified atom stereocenters. The number of carbonyl (C=O) groups is 1. The molecule has 1 N–H and O–H groups in total. The summed E-state index contributed by atoms with van der Waals surface area (Å²) in [6.07, 6.45) is 3.79. The van der Waals surface area contributed by atoms with Crippen molar-refractivity contribution >= 4 is 23.4 Å². The number of thioether (sulfide) groups is 1. The molecule has 0 spiro atoms. The van der Waals surface area contributed by atoms with E-state index in [0.29, 0.717) is 6.54 Å². The van der Waals surface area contributed by atoms with Gasteiger partial charge in [-0.15, -0.1) is 10.2 Å². The predicted octanol–water partition coefficient (Wildman–Crippen LogP) is 5.05. The van der Waals surface area contributed by atoms with Gasteiger partial charge in [0, 0.05) is 5.69 Å². The molecule has 2 aromatic carbocycles. The van der Waals surface area contributed by atoms with Crippen LogP contribution in [0, 0.1) is 13.8 Å². The molecule has 1 saturated heterocycles. The molecule has 7 heteroatoms. The first-order valence-electron chi connectivity index (χ1n) is 11.7. The number of likely N-dealkylation sites (tertiary alicyclic amines) is 1. The van der Waals surface area contributed by atoms with Crippen LogP contribution in [-0.2, 0) is 17.9 Å². The summed E-state index contributed by atoms with van der Waals surface area (Å²) < 4.78 is 2.18. The molecule has 6 nitrogen and oxygen atoms in total. The zero-order valence-electron chi connectivity index (χ0n) is 19.8. The SMILES string of the molecule is Cc1cccc(C)c1NC(=O)C(C)Sc1nnc(CN2CCCCC2)n1Cc1ccccc1. The summed E-state index contributed by atoms with van der Waals surface area (Å²) in [6, 6.07) is 16.4. The van der Waals surface area contributed by atoms with Crippen LogP contribution < -0.4 is 5.32 Å². The highest BCUT2D eigenvalue weighted by Gasteiger charge is 2.23. The van der Waals surface area contributed by atoms with Crippen LogP contribution in [0.2, 0.25) is 0 Å². The highest BCUT2D eigenvalue weighted by molar-refractivity contribution is 8.00. The standard InChI is InChI=1S/C26H33N5OS/c1-19-11-10-12-20(2)24(19)27-25(32)21(3)33-26-29-28-23(18-30-15-8-5-9-16-30)31(26)17-22-13-6-4-7-14-22/h4,6-7,10-14,21H,5,8-9,15-18H2,1-3H3,(H,27,32). The van der Waals surface area contributed by atoms with Crippen molar-refractivity contribution in [1.29, 1.82) is 0 Å². The van der Waals surface area contributed by atoms with Crippen LogP contribution >= 0.6 is 11.8 Å². The van der Waals surface area contributed by atoms with Crippen molar-refractivity contribution < 1.29 is 4.79 Å². The molecule has 1 fully saturated rings. The third-order valence-electron chi connectivity index (χ3n) is 6.17. The van der Waals surface area contributed by atoms with Crippen LogP contribution in [0.25, 0.3) is 0 Å². The first kappa shape index (κ1) is 23.5. The highest BCUT2D eigenvalue weighted by Crippen LogP contribution is 2.27. The summed E-state index contributed by atoms with van der Waals surface area (Å²) in [5, 5.41) is 12.7. The smallest absolute Gasteiger partial charge is 0.237 e. The molecule has 1 aromatic heterocycles. The zero-order chi connectivity index (χ0) is 23.2. The number of para-hydroxylation sites is 1. The monoisotopic (exact) mass is 463 g/mol. The maximum atomic E-state index is 13.0. The van der Waals surface area contributed by atoms with Crippen LogP contribution in [-0.4, -0.2) is 43.9 Å². The first-order valence-corrected chi connectivity index (χ1v) is 12.6. The van der Waals surface area contributed by atoms with E-state index in [-0.39, 0.29) is 11.2 Å². The number of piperidine rings is 1. The largest absolute Gasteiger partial charge is 0.325 e. The molecule has 2 heterocycles. The number of aromatic nitrogens is 3. The van der Waals surface area contributed by atoms with Gasteiger partial charge in [0.2, 0.25) is 5.91 Å². The fourth-order valence-corrected chi connectivity index (χ4v) is 5.08. The molecule has 1 amide bonds. The Bertz CT molecular complexity index is 1060. The number of nitrogens with zero attached hydrogens (tertiary/aromatic N) is 4. The Morgan fingerprint density at radius 2 is 1.67 bits per heavy atom. The molecule has 0 saturated carbocycles. The normalized spacial score (nSPS) is 15.4. The number of anilines is 1. The molecule has 0 aliphatic carbocycles. The van der Waals surface area contributed by atoms with E-state index in [0.717, 1.165) is 47.4 Å². The average Bonchev–Trinajstić information content (AvgIpc) is 3.18. The van der Waals surface area contributed by atoms with Crippen molar-refractivity contribution in [2.24, 2.45) is 0 Å². The van der Waals surface area contributed by atoms with Crippen LogP contribution in [0.15, 0.2) is 53.7 Å². The van der Waals surface area contributed by atoms with Gasteiger partial charge in [0.1, 0.15) is 5.82 Å². The Morgan fingerprint density at radius 3 is 2.36 bits per heavy atom. The van der Waals surface area contributed by atoms with Gasteiger partial charge in [-0.3, -0.25) is 9.69 Å². The van der Waals surface area contributed by atoms with E-state index in [1.54, 1.807) is 0 Å². The fraction of sp³-hybridized carbons (Fsp3) is 0.423. The maximum Gasteiger partial charge on any atom is 0.237 e. The summed E-state index contributed by atoms with van der Waals surface area (Å²) in [7, 11) is 0. The molecule has 4 rings (SSSR count). The Morgan fingerprint density at radius 1 is 0.970 bits per heavy atom. The molecule has 0 radical (unpaired) electrons. The highest BCUT2D eigenvalue weighted by atomic mass is 32.2. The Labute approximate surface area is 200 Å². The minimum Gasteiger partial charge on any atom is -0.325 e. The van der Waals surface area contributed by atoms with Crippen molar-refractivity contribution in [1.82, 2.24) is 19.7 Å². The molecule has 1 aliphatic rings. The van der Waals surface area contributed by atoms with E-state index >= 15 is 0 Å². The molecule has 1 aliphatic heterocycles. The number of hydrogen-bond donors (Lipinski definition) is 1. The second-order valence-corrected chi connectivity index (χ2v) is 10.1. The van der Waals surface area contributed by atoms with Gasteiger partial charge < -0.3 is 9.88 Å². The van der Waals surface area contributed by atoms with E-state index in [9.17, 15) is 4.79 Å². The van der Waals surface area contributed by atoms with Gasteiger partial charge in [0.25, 0.3) is 0 Å². The minimum atomic E-state index is -0.300. The number of carbonyl (C=O) groups excluding carboxylic acids is 1. The predicted molar refractivity (Wildman–Crippen MR) is 135 cm³/mol. The number of benzene rings is 2. The fourth-order valence-electron chi connectivity index (χ4n) is 4.21. The number of aryl methyl sites for hydroxylation is 2. The lowest BCUT2D eigenvalue weighted by Gasteiger charge is -2.26. The zero-order valence-corrected chi connectivity index (χ0v) is 20.6. The Kier molecular flexibility index (Phi) is 7.83. The van der Waals surface area contributed by atoms with E-state index in [1.165, 1.54) is 36.6 Å². The molecular weight excluding hydrogens is 430 g/mol. The number of amides is 1. The van der Waals surface area contributed by atoms with Gasteiger partial charge in [0.05, 0.1) is 18.3 Å². The van der Waals surface area contributed by atoms with Crippen LogP contribution in [0.1, 0.15) is 48.7 Å². The summed E-state index contributed by atoms with van der Waals surface area (Å²) in [4.78, 5) is 15.5. The van der Waals surface area contributed by atoms with Gasteiger partial charge in [-0.1, -0.05) is 66.7 Å². The summed E-state index contributed by atoms with van der Waals surface area (Å²) >= 11 is 1.47. The van der Waals surface area contributed by atoms with Crippen LogP contribution in [0.3, 0.4) is 0 Å². The summed E-state index contributed by atoms with van der Waals surface area (Å²) in [5.74, 6) is 0.940. The van der Waals surface area contributed by atoms with E-state index < -0.39 is 0 Å². The lowest BCUT2D eigenvalue weighted by molar-refractivity contribution is -0.115. The quantitative estimate of drug-likeness (QED) is 0.474. The molecule has 0 bridgehead atoms. The topological polar surface area (TPSA) is 63.1 Å². The molecule has 33 heavy (non-hydrogen) atoms. The summed E-state index contributed by atoms with van der Waals surface area (Å²) in [6.45, 7) is 9.67. The van der Waals surface area contributed by atoms with Crippen molar-refractivity contribution in [2.45, 2.75) is 63.5 Å². The Hall–Kier alpha value is -2.64. The summed E-state index contributed by atoms with van der Waals surface area (Å²) in [5.41, 5.74) is 4.23. The van der Waals surface area contributed by atoms with E-state index in [1.807, 2.05) is 45.0 Å². The van der Waals surface area contributed by atoms with E-state index in [2.05, 4.69) is 49.2 Å². The van der Waals surface area contributed by atoms with Crippen molar-refractivity contribution in [2.75, 3.05) is 18.4 Å². The van der Waals surface area contributed by atoms with E-state index in [4.69, 9.17) is 0 Å².